The third-order valence-corrected chi connectivity index (χ3v) is 3.20. The fourth-order valence-electron chi connectivity index (χ4n) is 2.16. The van der Waals surface area contributed by atoms with Crippen molar-refractivity contribution < 1.29 is 4.79 Å². The van der Waals surface area contributed by atoms with Gasteiger partial charge in [0.15, 0.2) is 0 Å². The fraction of sp³-hybridized carbons (Fsp3) is 0.312. The number of nitriles is 1. The van der Waals surface area contributed by atoms with Gasteiger partial charge >= 0.3 is 0 Å². The molecule has 0 unspecified atom stereocenters. The molecule has 1 amide bonds. The molecule has 0 bridgehead atoms. The third kappa shape index (κ3) is 4.18. The van der Waals surface area contributed by atoms with Crippen molar-refractivity contribution in [1.82, 2.24) is 9.55 Å². The topological polar surface area (TPSA) is 70.7 Å². The number of imidazole rings is 1. The van der Waals surface area contributed by atoms with Gasteiger partial charge in [0.05, 0.1) is 11.6 Å². The molecule has 0 atom stereocenters. The predicted octanol–water partition coefficient (Wildman–Crippen LogP) is 2.74. The van der Waals surface area contributed by atoms with Crippen LogP contribution >= 0.6 is 0 Å². The van der Waals surface area contributed by atoms with Crippen molar-refractivity contribution in [1.29, 1.82) is 5.26 Å². The van der Waals surface area contributed by atoms with Gasteiger partial charge in [-0.2, -0.15) is 5.26 Å². The summed E-state index contributed by atoms with van der Waals surface area (Å²) in [5.74, 6) is 1.00. The zero-order chi connectivity index (χ0) is 15.1. The second kappa shape index (κ2) is 7.25. The number of carbonyl (C=O) groups excluding carboxylic acids is 1. The predicted molar refractivity (Wildman–Crippen MR) is 80.6 cm³/mol. The number of aromatic nitrogens is 2. The highest BCUT2D eigenvalue weighted by Gasteiger charge is 2.05. The Hall–Kier alpha value is -2.61. The van der Waals surface area contributed by atoms with Crippen LogP contribution in [0.5, 0.6) is 0 Å². The van der Waals surface area contributed by atoms with Gasteiger partial charge in [-0.05, 0) is 24.6 Å². The van der Waals surface area contributed by atoms with Crippen LogP contribution in [-0.2, 0) is 17.8 Å². The molecule has 1 heterocycles. The van der Waals surface area contributed by atoms with Crippen LogP contribution in [0, 0.1) is 11.3 Å². The molecule has 108 valence electrons. The molecule has 21 heavy (non-hydrogen) atoms. The van der Waals surface area contributed by atoms with Crippen LogP contribution in [0.25, 0.3) is 0 Å². The van der Waals surface area contributed by atoms with E-state index >= 15 is 0 Å². The highest BCUT2D eigenvalue weighted by Crippen LogP contribution is 2.10. The quantitative estimate of drug-likeness (QED) is 0.885. The molecule has 5 nitrogen and oxygen atoms in total. The first-order valence-corrected chi connectivity index (χ1v) is 7.03. The maximum atomic E-state index is 11.9. The van der Waals surface area contributed by atoms with Crippen molar-refractivity contribution in [2.24, 2.45) is 0 Å². The molecule has 0 fully saturated rings. The van der Waals surface area contributed by atoms with E-state index in [0.717, 1.165) is 25.2 Å². The summed E-state index contributed by atoms with van der Waals surface area (Å²) in [6.45, 7) is 2.85. The Bertz CT molecular complexity index is 654. The van der Waals surface area contributed by atoms with E-state index < -0.39 is 0 Å². The average molecular weight is 282 g/mol. The minimum absolute atomic E-state index is 0.0387. The summed E-state index contributed by atoms with van der Waals surface area (Å²) in [5, 5.41) is 11.6. The summed E-state index contributed by atoms with van der Waals surface area (Å²) < 4.78 is 2.07. The Balaban J connectivity index is 1.81. The van der Waals surface area contributed by atoms with Crippen molar-refractivity contribution in [3.63, 3.8) is 0 Å². The number of hydrogen-bond acceptors (Lipinski definition) is 3. The van der Waals surface area contributed by atoms with Crippen molar-refractivity contribution in [3.8, 4) is 6.07 Å². The maximum absolute atomic E-state index is 11.9. The molecule has 0 saturated carbocycles. The lowest BCUT2D eigenvalue weighted by Gasteiger charge is -2.07. The van der Waals surface area contributed by atoms with E-state index in [1.54, 1.807) is 30.5 Å². The number of hydrogen-bond donors (Lipinski definition) is 1. The molecule has 2 aromatic rings. The van der Waals surface area contributed by atoms with Gasteiger partial charge in [-0.25, -0.2) is 4.98 Å². The summed E-state index contributed by atoms with van der Waals surface area (Å²) in [6.07, 6.45) is 5.81. The van der Waals surface area contributed by atoms with Crippen LogP contribution in [0.1, 0.15) is 31.2 Å². The van der Waals surface area contributed by atoms with E-state index in [1.807, 2.05) is 6.20 Å². The van der Waals surface area contributed by atoms with Gasteiger partial charge in [-0.3, -0.25) is 4.79 Å². The number of nitrogens with one attached hydrogen (secondary N) is 1. The van der Waals surface area contributed by atoms with Crippen molar-refractivity contribution in [2.75, 3.05) is 5.32 Å². The summed E-state index contributed by atoms with van der Waals surface area (Å²) in [7, 11) is 0. The largest absolute Gasteiger partial charge is 0.335 e. The van der Waals surface area contributed by atoms with Crippen LogP contribution in [0.2, 0.25) is 0 Å². The zero-order valence-corrected chi connectivity index (χ0v) is 12.0. The van der Waals surface area contributed by atoms with Gasteiger partial charge in [0.25, 0.3) is 0 Å². The number of amides is 1. The molecular weight excluding hydrogens is 264 g/mol. The smallest absolute Gasteiger partial charge is 0.224 e. The van der Waals surface area contributed by atoms with E-state index in [-0.39, 0.29) is 5.91 Å². The lowest BCUT2D eigenvalue weighted by Crippen LogP contribution is -2.13. The van der Waals surface area contributed by atoms with E-state index in [4.69, 9.17) is 5.26 Å². The van der Waals surface area contributed by atoms with Crippen molar-refractivity contribution >= 4 is 11.6 Å². The Morgan fingerprint density at radius 2 is 2.33 bits per heavy atom. The normalized spacial score (nSPS) is 10.1. The number of carbonyl (C=O) groups is 1. The monoisotopic (exact) mass is 282 g/mol. The van der Waals surface area contributed by atoms with Gasteiger partial charge < -0.3 is 9.88 Å². The van der Waals surface area contributed by atoms with Crippen molar-refractivity contribution in [3.05, 3.63) is 48.0 Å². The number of aryl methyl sites for hydroxylation is 2. The van der Waals surface area contributed by atoms with Gasteiger partial charge in [-0.1, -0.05) is 13.0 Å². The minimum Gasteiger partial charge on any atom is -0.335 e. The van der Waals surface area contributed by atoms with E-state index in [1.165, 1.54) is 0 Å². The summed E-state index contributed by atoms with van der Waals surface area (Å²) in [4.78, 5) is 16.1. The molecule has 1 N–H and O–H groups in total. The summed E-state index contributed by atoms with van der Waals surface area (Å²) in [6, 6.07) is 8.97. The molecule has 0 spiro atoms. The first kappa shape index (κ1) is 14.8. The SMILES string of the molecule is CCc1nccn1CCCC(=O)Nc1cccc(C#N)c1. The van der Waals surface area contributed by atoms with E-state index in [9.17, 15) is 4.79 Å². The second-order valence-corrected chi connectivity index (χ2v) is 4.73. The molecule has 0 radical (unpaired) electrons. The molecule has 2 rings (SSSR count). The molecule has 0 aliphatic rings. The number of nitrogens with zero attached hydrogens (tertiary/aromatic N) is 3. The third-order valence-electron chi connectivity index (χ3n) is 3.20. The lowest BCUT2D eigenvalue weighted by molar-refractivity contribution is -0.116. The Morgan fingerprint density at radius 3 is 3.10 bits per heavy atom. The molecular formula is C16H18N4O. The first-order valence-electron chi connectivity index (χ1n) is 7.03. The van der Waals surface area contributed by atoms with Gasteiger partial charge in [0, 0.05) is 37.5 Å². The van der Waals surface area contributed by atoms with E-state index in [0.29, 0.717) is 17.7 Å². The highest BCUT2D eigenvalue weighted by atomic mass is 16.1. The molecule has 0 aliphatic carbocycles. The fourth-order valence-corrected chi connectivity index (χ4v) is 2.16. The summed E-state index contributed by atoms with van der Waals surface area (Å²) >= 11 is 0. The Morgan fingerprint density at radius 1 is 1.48 bits per heavy atom. The van der Waals surface area contributed by atoms with Crippen molar-refractivity contribution in [2.45, 2.75) is 32.7 Å². The van der Waals surface area contributed by atoms with Crippen LogP contribution in [0.4, 0.5) is 5.69 Å². The van der Waals surface area contributed by atoms with Crippen LogP contribution < -0.4 is 5.32 Å². The summed E-state index contributed by atoms with van der Waals surface area (Å²) in [5.41, 5.74) is 1.20. The second-order valence-electron chi connectivity index (χ2n) is 4.73. The number of rotatable bonds is 6. The van der Waals surface area contributed by atoms with Crippen LogP contribution in [0.15, 0.2) is 36.7 Å². The lowest BCUT2D eigenvalue weighted by atomic mass is 10.2. The number of anilines is 1. The van der Waals surface area contributed by atoms with Gasteiger partial charge in [0.2, 0.25) is 5.91 Å². The van der Waals surface area contributed by atoms with Crippen LogP contribution in [-0.4, -0.2) is 15.5 Å². The van der Waals surface area contributed by atoms with E-state index in [2.05, 4.69) is 27.9 Å². The highest BCUT2D eigenvalue weighted by molar-refractivity contribution is 5.90. The molecule has 1 aromatic heterocycles. The minimum atomic E-state index is -0.0387. The van der Waals surface area contributed by atoms with Gasteiger partial charge in [0.1, 0.15) is 5.82 Å². The molecule has 5 heteroatoms. The Labute approximate surface area is 124 Å². The maximum Gasteiger partial charge on any atom is 0.224 e. The molecule has 1 aromatic carbocycles. The molecule has 0 saturated heterocycles. The Kier molecular flexibility index (Phi) is 5.10. The standard InChI is InChI=1S/C16H18N4O/c1-2-15-18-8-10-20(15)9-4-7-16(21)19-14-6-3-5-13(11-14)12-17/h3,5-6,8,10-11H,2,4,7,9H2,1H3,(H,19,21). The first-order chi connectivity index (χ1) is 10.2. The zero-order valence-electron chi connectivity index (χ0n) is 12.0. The molecule has 0 aliphatic heterocycles. The van der Waals surface area contributed by atoms with Gasteiger partial charge in [-0.15, -0.1) is 0 Å². The average Bonchev–Trinajstić information content (AvgIpc) is 2.95. The number of benzene rings is 1. The van der Waals surface area contributed by atoms with Crippen LogP contribution in [0.3, 0.4) is 0 Å².